The van der Waals surface area contributed by atoms with Crippen LogP contribution in [0.2, 0.25) is 0 Å². The lowest BCUT2D eigenvalue weighted by Gasteiger charge is -2.33. The van der Waals surface area contributed by atoms with E-state index in [0.29, 0.717) is 0 Å². The summed E-state index contributed by atoms with van der Waals surface area (Å²) in [5.41, 5.74) is 3.61. The molecule has 33 heavy (non-hydrogen) atoms. The van der Waals surface area contributed by atoms with Crippen molar-refractivity contribution in [2.45, 2.75) is 11.1 Å². The number of rotatable bonds is 5. The van der Waals surface area contributed by atoms with Crippen molar-refractivity contribution in [2.75, 3.05) is 38.1 Å². The maximum Gasteiger partial charge on any atom is 0.242 e. The molecule has 2 aliphatic heterocycles. The zero-order chi connectivity index (χ0) is 22.8. The number of fused-ring (bicyclic) bond motifs is 1. The van der Waals surface area contributed by atoms with Crippen LogP contribution in [0.4, 0.5) is 5.82 Å². The maximum atomic E-state index is 12.6. The Bertz CT molecular complexity index is 1320. The summed E-state index contributed by atoms with van der Waals surface area (Å²) in [6, 6.07) is 14.3. The molecule has 0 radical (unpaired) electrons. The number of nitrogens with one attached hydrogen (secondary N) is 2. The Balaban J connectivity index is 1.31. The summed E-state index contributed by atoms with van der Waals surface area (Å²) in [6.07, 6.45) is 6.85. The van der Waals surface area contributed by atoms with Gasteiger partial charge in [0.15, 0.2) is 0 Å². The molecule has 1 unspecified atom stereocenters. The van der Waals surface area contributed by atoms with Crippen LogP contribution in [0.5, 0.6) is 0 Å². The first-order valence-electron chi connectivity index (χ1n) is 10.9. The van der Waals surface area contributed by atoms with Crippen LogP contribution in [0.15, 0.2) is 78.0 Å². The number of hydrogen-bond acceptors (Lipinski definition) is 7. The number of nitrogens with zero attached hydrogens (tertiary/aromatic N) is 4. The molecule has 3 heterocycles. The van der Waals surface area contributed by atoms with E-state index in [2.05, 4.69) is 31.9 Å². The molecule has 0 aliphatic carbocycles. The Kier molecular flexibility index (Phi) is 5.84. The monoisotopic (exact) mass is 462 g/mol. The first-order chi connectivity index (χ1) is 16.0. The normalized spacial score (nSPS) is 19.4. The highest BCUT2D eigenvalue weighted by molar-refractivity contribution is 7.89. The SMILES string of the molecule is CN1CCN(c2cnc3ccc(C4=CNC(NS(=O)(=O)c5ccccc5)C=C4)cc3n2)CC1. The summed E-state index contributed by atoms with van der Waals surface area (Å²) >= 11 is 0. The second-order valence-corrected chi connectivity index (χ2v) is 9.97. The number of sulfonamides is 1. The Morgan fingerprint density at radius 2 is 1.82 bits per heavy atom. The molecule has 1 atom stereocenters. The van der Waals surface area contributed by atoms with Crippen molar-refractivity contribution in [1.29, 1.82) is 0 Å². The van der Waals surface area contributed by atoms with Crippen LogP contribution < -0.4 is 14.9 Å². The van der Waals surface area contributed by atoms with Crippen molar-refractivity contribution in [1.82, 2.24) is 24.9 Å². The summed E-state index contributed by atoms with van der Waals surface area (Å²) in [5, 5.41) is 3.12. The van der Waals surface area contributed by atoms with Gasteiger partial charge in [0.05, 0.1) is 22.1 Å². The highest BCUT2D eigenvalue weighted by atomic mass is 32.2. The lowest BCUT2D eigenvalue weighted by Crippen LogP contribution is -2.44. The van der Waals surface area contributed by atoms with E-state index in [-0.39, 0.29) is 4.90 Å². The number of hydrogen-bond donors (Lipinski definition) is 2. The second-order valence-electron chi connectivity index (χ2n) is 8.26. The molecule has 3 aromatic rings. The Morgan fingerprint density at radius 1 is 1.03 bits per heavy atom. The molecule has 9 heteroatoms. The van der Waals surface area contributed by atoms with Crippen LogP contribution in [-0.4, -0.2) is 62.7 Å². The van der Waals surface area contributed by atoms with Crippen molar-refractivity contribution in [2.24, 2.45) is 0 Å². The number of piperazine rings is 1. The third kappa shape index (κ3) is 4.75. The van der Waals surface area contributed by atoms with Crippen LogP contribution in [0.1, 0.15) is 5.56 Å². The fraction of sp³-hybridized carbons (Fsp3) is 0.250. The van der Waals surface area contributed by atoms with Gasteiger partial charge in [-0.2, -0.15) is 4.72 Å². The Labute approximate surface area is 193 Å². The van der Waals surface area contributed by atoms with Gasteiger partial charge in [0, 0.05) is 32.4 Å². The molecule has 0 saturated carbocycles. The van der Waals surface area contributed by atoms with Crippen molar-refractivity contribution in [3.8, 4) is 0 Å². The minimum absolute atomic E-state index is 0.235. The molecule has 1 aromatic heterocycles. The molecule has 1 fully saturated rings. The number of dihydropyridines is 1. The highest BCUT2D eigenvalue weighted by Crippen LogP contribution is 2.24. The predicted molar refractivity (Wildman–Crippen MR) is 130 cm³/mol. The van der Waals surface area contributed by atoms with Crippen molar-refractivity contribution >= 4 is 32.4 Å². The number of benzene rings is 2. The Hall–Kier alpha value is -3.27. The van der Waals surface area contributed by atoms with E-state index < -0.39 is 16.2 Å². The molecule has 1 saturated heterocycles. The molecule has 8 nitrogen and oxygen atoms in total. The zero-order valence-corrected chi connectivity index (χ0v) is 19.2. The molecule has 0 spiro atoms. The first-order valence-corrected chi connectivity index (χ1v) is 12.4. The highest BCUT2D eigenvalue weighted by Gasteiger charge is 2.20. The van der Waals surface area contributed by atoms with Crippen LogP contribution in [-0.2, 0) is 10.0 Å². The molecule has 2 aromatic carbocycles. The van der Waals surface area contributed by atoms with Crippen LogP contribution >= 0.6 is 0 Å². The summed E-state index contributed by atoms with van der Waals surface area (Å²) in [5.74, 6) is 0.898. The largest absolute Gasteiger partial charge is 0.371 e. The lowest BCUT2D eigenvalue weighted by atomic mass is 10.0. The van der Waals surface area contributed by atoms with Gasteiger partial charge in [0.1, 0.15) is 12.0 Å². The fourth-order valence-electron chi connectivity index (χ4n) is 3.94. The summed E-state index contributed by atoms with van der Waals surface area (Å²) < 4.78 is 27.8. The van der Waals surface area contributed by atoms with Gasteiger partial charge in [-0.3, -0.25) is 4.98 Å². The zero-order valence-electron chi connectivity index (χ0n) is 18.3. The van der Waals surface area contributed by atoms with Crippen LogP contribution in [0.3, 0.4) is 0 Å². The van der Waals surface area contributed by atoms with Gasteiger partial charge in [0.2, 0.25) is 10.0 Å². The van der Waals surface area contributed by atoms with Gasteiger partial charge >= 0.3 is 0 Å². The standard InChI is InChI=1S/C24H26N6O2S/c1-29-11-13-30(14-12-29)24-17-25-21-9-7-18(15-22(21)27-24)19-8-10-23(26-16-19)28-33(31,32)20-5-3-2-4-6-20/h2-10,15-17,23,26,28H,11-14H2,1H3. The van der Waals surface area contributed by atoms with E-state index in [9.17, 15) is 8.42 Å². The van der Waals surface area contributed by atoms with Gasteiger partial charge in [0.25, 0.3) is 0 Å². The second kappa shape index (κ2) is 8.93. The lowest BCUT2D eigenvalue weighted by molar-refractivity contribution is 0.312. The summed E-state index contributed by atoms with van der Waals surface area (Å²) in [6.45, 7) is 3.90. The average Bonchev–Trinajstić information content (AvgIpc) is 2.85. The van der Waals surface area contributed by atoms with Crippen LogP contribution in [0, 0.1) is 0 Å². The average molecular weight is 463 g/mol. The number of allylic oxidation sites excluding steroid dienone is 2. The van der Waals surface area contributed by atoms with E-state index in [1.54, 1.807) is 36.4 Å². The minimum Gasteiger partial charge on any atom is -0.371 e. The van der Waals surface area contributed by atoms with Gasteiger partial charge in [-0.15, -0.1) is 0 Å². The molecule has 170 valence electrons. The fourth-order valence-corrected chi connectivity index (χ4v) is 5.07. The van der Waals surface area contributed by atoms with E-state index in [4.69, 9.17) is 4.98 Å². The number of aromatic nitrogens is 2. The smallest absolute Gasteiger partial charge is 0.242 e. The Morgan fingerprint density at radius 3 is 2.55 bits per heavy atom. The predicted octanol–water partition coefficient (Wildman–Crippen LogP) is 2.19. The summed E-state index contributed by atoms with van der Waals surface area (Å²) in [4.78, 5) is 14.3. The maximum absolute atomic E-state index is 12.6. The van der Waals surface area contributed by atoms with E-state index in [0.717, 1.165) is 54.2 Å². The topological polar surface area (TPSA) is 90.5 Å². The first kappa shape index (κ1) is 21.6. The van der Waals surface area contributed by atoms with E-state index >= 15 is 0 Å². The van der Waals surface area contributed by atoms with Gasteiger partial charge < -0.3 is 15.1 Å². The molecule has 5 rings (SSSR count). The molecule has 0 bridgehead atoms. The minimum atomic E-state index is -3.61. The molecule has 2 aliphatic rings. The van der Waals surface area contributed by atoms with Crippen molar-refractivity contribution < 1.29 is 8.42 Å². The van der Waals surface area contributed by atoms with Gasteiger partial charge in [-0.05, 0) is 48.5 Å². The molecular weight excluding hydrogens is 436 g/mol. The number of anilines is 1. The quantitative estimate of drug-likeness (QED) is 0.601. The summed E-state index contributed by atoms with van der Waals surface area (Å²) in [7, 11) is -1.48. The third-order valence-electron chi connectivity index (χ3n) is 5.91. The van der Waals surface area contributed by atoms with Gasteiger partial charge in [-0.1, -0.05) is 30.3 Å². The molecule has 0 amide bonds. The van der Waals surface area contributed by atoms with Crippen molar-refractivity contribution in [3.05, 3.63) is 78.6 Å². The third-order valence-corrected chi connectivity index (χ3v) is 7.37. The van der Waals surface area contributed by atoms with E-state index in [1.165, 1.54) is 0 Å². The molecule has 2 N–H and O–H groups in total. The van der Waals surface area contributed by atoms with Crippen LogP contribution in [0.25, 0.3) is 16.6 Å². The number of likely N-dealkylation sites (N-methyl/N-ethyl adjacent to an activating group) is 1. The molecular formula is C24H26N6O2S. The van der Waals surface area contributed by atoms with E-state index in [1.807, 2.05) is 36.7 Å². The van der Waals surface area contributed by atoms with Gasteiger partial charge in [-0.25, -0.2) is 13.4 Å². The van der Waals surface area contributed by atoms with Crippen molar-refractivity contribution in [3.63, 3.8) is 0 Å².